The monoisotopic (exact) mass is 448 g/mol. The van der Waals surface area contributed by atoms with E-state index in [2.05, 4.69) is 0 Å². The van der Waals surface area contributed by atoms with Crippen LogP contribution in [0.1, 0.15) is 67.4 Å². The number of carboxylic acid groups (broad SMARTS) is 1. The van der Waals surface area contributed by atoms with Crippen molar-refractivity contribution >= 4 is 22.8 Å². The first-order valence-electron chi connectivity index (χ1n) is 11.4. The maximum Gasteiger partial charge on any atom is 0.391 e. The number of nitrogens with zero attached hydrogens (tertiary/aromatic N) is 2. The molecule has 2 heterocycles. The largest absolute Gasteiger partial charge is 0.477 e. The maximum atomic E-state index is 13.3. The highest BCUT2D eigenvalue weighted by Crippen LogP contribution is 2.42. The van der Waals surface area contributed by atoms with Crippen molar-refractivity contribution in [3.63, 3.8) is 0 Å². The number of aromatic carboxylic acids is 1. The maximum absolute atomic E-state index is 13.3. The number of para-hydroxylation sites is 1. The van der Waals surface area contributed by atoms with Gasteiger partial charge in [0.25, 0.3) is 0 Å². The van der Waals surface area contributed by atoms with Gasteiger partial charge in [-0.3, -0.25) is 0 Å². The van der Waals surface area contributed by atoms with Crippen LogP contribution < -0.4 is 0 Å². The molecule has 1 N–H and O–H groups in total. The normalized spacial score (nSPS) is 25.3. The molecule has 8 heteroatoms. The number of alkyl halides is 3. The fraction of sp³-hybridized carbons (Fsp3) is 0.583. The average molecular weight is 448 g/mol. The number of aliphatic imine (C=N–C) groups is 1. The van der Waals surface area contributed by atoms with Crippen molar-refractivity contribution in [2.24, 2.45) is 16.8 Å². The van der Waals surface area contributed by atoms with Crippen LogP contribution in [0, 0.1) is 11.8 Å². The molecule has 0 amide bonds. The van der Waals surface area contributed by atoms with Gasteiger partial charge >= 0.3 is 12.1 Å². The molecule has 32 heavy (non-hydrogen) atoms. The molecule has 0 radical (unpaired) electrons. The standard InChI is InChI=1S/C24H27F3N2O3/c25-24(26,27)16-7-5-6-15(12-16)13-29-18-9-2-1-8-17(18)19(20(29)22(30)31)21-28-23(14-32-21)10-3-4-11-23/h1-2,8-9,15-16H,3-7,10-14H2,(H,30,31). The summed E-state index contributed by atoms with van der Waals surface area (Å²) in [5.74, 6) is -2.31. The van der Waals surface area contributed by atoms with E-state index < -0.39 is 18.1 Å². The fourth-order valence-corrected chi connectivity index (χ4v) is 5.84. The molecule has 1 aromatic carbocycles. The van der Waals surface area contributed by atoms with Crippen molar-refractivity contribution in [3.8, 4) is 0 Å². The summed E-state index contributed by atoms with van der Waals surface area (Å²) in [5, 5.41) is 10.9. The van der Waals surface area contributed by atoms with Crippen molar-refractivity contribution in [2.75, 3.05) is 6.61 Å². The van der Waals surface area contributed by atoms with Gasteiger partial charge in [0, 0.05) is 17.4 Å². The Labute approximate surface area is 184 Å². The number of rotatable bonds is 4. The quantitative estimate of drug-likeness (QED) is 0.643. The second-order valence-electron chi connectivity index (χ2n) is 9.56. The Balaban J connectivity index is 1.57. The van der Waals surface area contributed by atoms with Crippen molar-refractivity contribution in [1.82, 2.24) is 4.57 Å². The van der Waals surface area contributed by atoms with Crippen molar-refractivity contribution in [1.29, 1.82) is 0 Å². The van der Waals surface area contributed by atoms with E-state index in [0.29, 0.717) is 36.4 Å². The van der Waals surface area contributed by atoms with E-state index in [9.17, 15) is 23.1 Å². The summed E-state index contributed by atoms with van der Waals surface area (Å²) in [4.78, 5) is 17.3. The zero-order valence-electron chi connectivity index (χ0n) is 17.8. The molecule has 172 valence electrons. The molecule has 2 fully saturated rings. The van der Waals surface area contributed by atoms with Gasteiger partial charge in [0.15, 0.2) is 0 Å². The third kappa shape index (κ3) is 3.67. The Hall–Kier alpha value is -2.51. The van der Waals surface area contributed by atoms with Gasteiger partial charge < -0.3 is 14.4 Å². The smallest absolute Gasteiger partial charge is 0.391 e. The summed E-state index contributed by atoms with van der Waals surface area (Å²) in [7, 11) is 0. The average Bonchev–Trinajstić information content (AvgIpc) is 3.46. The molecule has 2 aromatic rings. The minimum absolute atomic E-state index is 0.0327. The molecule has 1 aliphatic heterocycles. The lowest BCUT2D eigenvalue weighted by Crippen LogP contribution is -2.30. The Kier molecular flexibility index (Phi) is 5.21. The van der Waals surface area contributed by atoms with E-state index in [-0.39, 0.29) is 36.5 Å². The fourth-order valence-electron chi connectivity index (χ4n) is 5.84. The highest BCUT2D eigenvalue weighted by Gasteiger charge is 2.43. The number of hydrogen-bond donors (Lipinski definition) is 1. The van der Waals surface area contributed by atoms with E-state index >= 15 is 0 Å². The Morgan fingerprint density at radius 2 is 1.94 bits per heavy atom. The number of benzene rings is 1. The molecular weight excluding hydrogens is 421 g/mol. The van der Waals surface area contributed by atoms with E-state index in [1.54, 1.807) is 4.57 Å². The second kappa shape index (κ2) is 7.81. The van der Waals surface area contributed by atoms with Crippen LogP contribution >= 0.6 is 0 Å². The molecule has 5 rings (SSSR count). The first-order valence-corrected chi connectivity index (χ1v) is 11.4. The molecule has 2 saturated carbocycles. The van der Waals surface area contributed by atoms with Crippen LogP contribution in [0.2, 0.25) is 0 Å². The molecule has 5 nitrogen and oxygen atoms in total. The zero-order chi connectivity index (χ0) is 22.5. The molecule has 0 bridgehead atoms. The lowest BCUT2D eigenvalue weighted by Gasteiger charge is -2.31. The van der Waals surface area contributed by atoms with Crippen LogP contribution in [0.4, 0.5) is 13.2 Å². The van der Waals surface area contributed by atoms with Crippen LogP contribution in [0.15, 0.2) is 29.3 Å². The van der Waals surface area contributed by atoms with E-state index in [1.165, 1.54) is 0 Å². The molecule has 2 aliphatic carbocycles. The molecule has 1 spiro atoms. The molecule has 2 atom stereocenters. The molecule has 1 aromatic heterocycles. The summed E-state index contributed by atoms with van der Waals surface area (Å²) in [6.45, 7) is 0.698. The highest BCUT2D eigenvalue weighted by atomic mass is 19.4. The summed E-state index contributed by atoms with van der Waals surface area (Å²) in [6.07, 6.45) is 1.15. The van der Waals surface area contributed by atoms with Gasteiger partial charge in [-0.15, -0.1) is 0 Å². The van der Waals surface area contributed by atoms with E-state index in [1.807, 2.05) is 24.3 Å². The number of carboxylic acids is 1. The predicted octanol–water partition coefficient (Wildman–Crippen LogP) is 5.80. The highest BCUT2D eigenvalue weighted by molar-refractivity contribution is 6.15. The Bertz CT molecular complexity index is 1070. The van der Waals surface area contributed by atoms with Gasteiger partial charge in [0.05, 0.1) is 17.0 Å². The first-order chi connectivity index (χ1) is 15.3. The van der Waals surface area contributed by atoms with Gasteiger partial charge in [0.1, 0.15) is 12.3 Å². The summed E-state index contributed by atoms with van der Waals surface area (Å²) >= 11 is 0. The van der Waals surface area contributed by atoms with Crippen molar-refractivity contribution in [3.05, 3.63) is 35.5 Å². The second-order valence-corrected chi connectivity index (χ2v) is 9.56. The number of ether oxygens (including phenoxy) is 1. The molecular formula is C24H27F3N2O3. The number of aromatic nitrogens is 1. The minimum atomic E-state index is -4.21. The van der Waals surface area contributed by atoms with Crippen LogP contribution in [0.5, 0.6) is 0 Å². The van der Waals surface area contributed by atoms with Crippen molar-refractivity contribution in [2.45, 2.75) is 69.6 Å². The molecule has 0 saturated heterocycles. The van der Waals surface area contributed by atoms with Crippen LogP contribution in [0.3, 0.4) is 0 Å². The summed E-state index contributed by atoms with van der Waals surface area (Å²) in [5.41, 5.74) is 0.958. The van der Waals surface area contributed by atoms with Gasteiger partial charge in [-0.05, 0) is 44.1 Å². The van der Waals surface area contributed by atoms with E-state index in [0.717, 1.165) is 31.1 Å². The Morgan fingerprint density at radius 3 is 2.66 bits per heavy atom. The minimum Gasteiger partial charge on any atom is -0.477 e. The van der Waals surface area contributed by atoms with Gasteiger partial charge in [-0.1, -0.05) is 37.5 Å². The van der Waals surface area contributed by atoms with Crippen molar-refractivity contribution < 1.29 is 27.8 Å². The van der Waals surface area contributed by atoms with Gasteiger partial charge in [0.2, 0.25) is 5.90 Å². The number of fused-ring (bicyclic) bond motifs is 1. The predicted molar refractivity (Wildman–Crippen MR) is 114 cm³/mol. The number of carbonyl (C=O) groups is 1. The summed E-state index contributed by atoms with van der Waals surface area (Å²) < 4.78 is 47.7. The zero-order valence-corrected chi connectivity index (χ0v) is 17.8. The van der Waals surface area contributed by atoms with Gasteiger partial charge in [-0.2, -0.15) is 13.2 Å². The lowest BCUT2D eigenvalue weighted by atomic mass is 9.81. The number of halogens is 3. The Morgan fingerprint density at radius 1 is 1.19 bits per heavy atom. The van der Waals surface area contributed by atoms with Crippen LogP contribution in [-0.4, -0.2) is 39.9 Å². The van der Waals surface area contributed by atoms with Gasteiger partial charge in [-0.25, -0.2) is 9.79 Å². The summed E-state index contributed by atoms with van der Waals surface area (Å²) in [6, 6.07) is 7.33. The van der Waals surface area contributed by atoms with Crippen LogP contribution in [0.25, 0.3) is 10.9 Å². The third-order valence-corrected chi connectivity index (χ3v) is 7.42. The van der Waals surface area contributed by atoms with E-state index in [4.69, 9.17) is 9.73 Å². The lowest BCUT2D eigenvalue weighted by molar-refractivity contribution is -0.186. The number of hydrogen-bond acceptors (Lipinski definition) is 3. The molecule has 3 aliphatic rings. The first kappa shape index (κ1) is 21.3. The van der Waals surface area contributed by atoms with Crippen LogP contribution in [-0.2, 0) is 11.3 Å². The SMILES string of the molecule is O=C(O)c1c(C2=NC3(CCCC3)CO2)c2ccccc2n1CC1CCCC(C(F)(F)F)C1. The molecule has 2 unspecified atom stereocenters. The third-order valence-electron chi connectivity index (χ3n) is 7.42. The topological polar surface area (TPSA) is 63.8 Å².